The molecule has 0 saturated heterocycles. The van der Waals surface area contributed by atoms with Crippen molar-refractivity contribution in [3.05, 3.63) is 0 Å². The van der Waals surface area contributed by atoms with Crippen LogP contribution in [-0.4, -0.2) is 24.7 Å². The number of hydrogen-bond donors (Lipinski definition) is 0. The molecule has 0 spiro atoms. The van der Waals surface area contributed by atoms with Gasteiger partial charge in [0.05, 0.1) is 0 Å². The predicted octanol–water partition coefficient (Wildman–Crippen LogP) is 4.80. The van der Waals surface area contributed by atoms with Crippen LogP contribution in [0.2, 0.25) is 0 Å². The molecule has 0 nitrogen and oxygen atoms in total. The van der Waals surface area contributed by atoms with E-state index in [0.717, 1.165) is 6.92 Å². The zero-order valence-corrected chi connectivity index (χ0v) is 8.77. The van der Waals surface area contributed by atoms with Gasteiger partial charge >= 0.3 is 18.5 Å². The van der Waals surface area contributed by atoms with E-state index in [-0.39, 0.29) is 0 Å². The van der Waals surface area contributed by atoms with Crippen molar-refractivity contribution in [2.24, 2.45) is 5.41 Å². The average Bonchev–Trinajstić information content (AvgIpc) is 1.94. The summed E-state index contributed by atoms with van der Waals surface area (Å²) in [6.07, 6.45) is -26.7. The quantitative estimate of drug-likeness (QED) is 0.656. The lowest BCUT2D eigenvalue weighted by Gasteiger charge is -2.40. The monoisotopic (exact) mass is 294 g/mol. The predicted molar refractivity (Wildman–Crippen MR) is 40.4 cm³/mol. The largest absolute Gasteiger partial charge is 0.415 e. The van der Waals surface area contributed by atoms with Gasteiger partial charge in [0.1, 0.15) is 6.17 Å². The Bertz CT molecular complexity index is 233. The summed E-state index contributed by atoms with van der Waals surface area (Å²) >= 11 is 0. The Balaban J connectivity index is 6.08. The minimum atomic E-state index is -6.82. The lowest BCUT2D eigenvalue weighted by atomic mass is 9.78. The molecule has 1 atom stereocenters. The molecule has 0 aromatic rings. The molecular weight excluding hydrogens is 286 g/mol. The van der Waals surface area contributed by atoms with E-state index in [4.69, 9.17) is 0 Å². The molecule has 0 aromatic heterocycles. The van der Waals surface area contributed by atoms with Crippen LogP contribution in [0.25, 0.3) is 0 Å². The number of halogens is 10. The fourth-order valence-electron chi connectivity index (χ4n) is 1.48. The van der Waals surface area contributed by atoms with Crippen LogP contribution in [0.4, 0.5) is 43.9 Å². The Kier molecular flexibility index (Phi) is 4.58. The van der Waals surface area contributed by atoms with Gasteiger partial charge in [-0.05, 0) is 6.42 Å². The first-order valence-corrected chi connectivity index (χ1v) is 4.57. The highest BCUT2D eigenvalue weighted by Gasteiger charge is 2.86. The summed E-state index contributed by atoms with van der Waals surface area (Å²) in [5.74, 6) is 0. The Hall–Kier alpha value is -0.700. The Labute approximate surface area is 94.9 Å². The molecule has 0 N–H and O–H groups in total. The van der Waals surface area contributed by atoms with Gasteiger partial charge in [0.15, 0.2) is 0 Å². The highest BCUT2D eigenvalue weighted by atomic mass is 19.4. The van der Waals surface area contributed by atoms with Crippen molar-refractivity contribution in [2.45, 2.75) is 44.5 Å². The zero-order valence-electron chi connectivity index (χ0n) is 8.77. The molecule has 0 aliphatic rings. The first-order valence-electron chi connectivity index (χ1n) is 4.57. The lowest BCUT2D eigenvalue weighted by molar-refractivity contribution is -0.442. The van der Waals surface area contributed by atoms with Crippen LogP contribution in [0.15, 0.2) is 0 Å². The smallest absolute Gasteiger partial charge is 0.246 e. The molecule has 110 valence electrons. The summed E-state index contributed by atoms with van der Waals surface area (Å²) in [6, 6.07) is 0. The molecule has 0 amide bonds. The van der Waals surface area contributed by atoms with Gasteiger partial charge in [-0.25, -0.2) is 4.39 Å². The van der Waals surface area contributed by atoms with E-state index in [9.17, 15) is 43.9 Å². The van der Waals surface area contributed by atoms with Crippen molar-refractivity contribution < 1.29 is 43.9 Å². The summed E-state index contributed by atoms with van der Waals surface area (Å²) in [5, 5.41) is 0. The maximum absolute atomic E-state index is 13.1. The van der Waals surface area contributed by atoms with Gasteiger partial charge in [0, 0.05) is 0 Å². The molecule has 0 radical (unpaired) electrons. The van der Waals surface area contributed by atoms with E-state index in [2.05, 4.69) is 0 Å². The molecule has 0 heterocycles. The van der Waals surface area contributed by atoms with E-state index in [1.165, 1.54) is 0 Å². The minimum absolute atomic E-state index is 0.592. The maximum atomic E-state index is 13.1. The molecule has 0 saturated carbocycles. The second kappa shape index (κ2) is 4.76. The third kappa shape index (κ3) is 2.51. The van der Waals surface area contributed by atoms with Gasteiger partial charge in [0.25, 0.3) is 5.41 Å². The molecule has 18 heavy (non-hydrogen) atoms. The highest BCUT2D eigenvalue weighted by Crippen LogP contribution is 2.62. The fourth-order valence-corrected chi connectivity index (χ4v) is 1.48. The second-order valence-electron chi connectivity index (χ2n) is 3.56. The first-order chi connectivity index (χ1) is 7.73. The Morgan fingerprint density at radius 1 is 0.722 bits per heavy atom. The Morgan fingerprint density at radius 3 is 1.17 bits per heavy atom. The molecule has 10 heteroatoms. The summed E-state index contributed by atoms with van der Waals surface area (Å²) in [7, 11) is 0. The topological polar surface area (TPSA) is 0 Å². The van der Waals surface area contributed by atoms with Crippen LogP contribution >= 0.6 is 0 Å². The second-order valence-corrected chi connectivity index (χ2v) is 3.56. The summed E-state index contributed by atoms with van der Waals surface area (Å²) in [5.41, 5.74) is -6.34. The molecular formula is C8H8F10. The van der Waals surface area contributed by atoms with Crippen molar-refractivity contribution in [3.8, 4) is 0 Å². The van der Waals surface area contributed by atoms with Gasteiger partial charge in [-0.15, -0.1) is 0 Å². The fraction of sp³-hybridized carbons (Fsp3) is 1.00. The third-order valence-electron chi connectivity index (χ3n) is 2.35. The normalized spacial score (nSPS) is 16.8. The van der Waals surface area contributed by atoms with Crippen molar-refractivity contribution >= 4 is 0 Å². The van der Waals surface area contributed by atoms with Gasteiger partial charge in [-0.3, -0.25) is 0 Å². The van der Waals surface area contributed by atoms with Gasteiger partial charge in [-0.2, -0.15) is 39.5 Å². The van der Waals surface area contributed by atoms with E-state index in [1.807, 2.05) is 0 Å². The van der Waals surface area contributed by atoms with Gasteiger partial charge in [-0.1, -0.05) is 13.3 Å². The molecule has 1 unspecified atom stereocenters. The highest BCUT2D eigenvalue weighted by molar-refractivity contribution is 5.04. The van der Waals surface area contributed by atoms with Crippen molar-refractivity contribution in [1.82, 2.24) is 0 Å². The maximum Gasteiger partial charge on any atom is 0.415 e. The standard InChI is InChI=1S/C8H8F10/c1-2-3-4(9)5(6(10,11)12,7(13,14)15)8(16,17)18/h4H,2-3H2,1H3. The van der Waals surface area contributed by atoms with Crippen LogP contribution in [0.3, 0.4) is 0 Å². The first kappa shape index (κ1) is 17.3. The van der Waals surface area contributed by atoms with Gasteiger partial charge in [0.2, 0.25) is 0 Å². The van der Waals surface area contributed by atoms with E-state index in [1.54, 1.807) is 0 Å². The molecule has 0 aromatic carbocycles. The van der Waals surface area contributed by atoms with E-state index >= 15 is 0 Å². The SMILES string of the molecule is CCCC(F)C(C(F)(F)F)(C(F)(F)F)C(F)(F)F. The lowest BCUT2D eigenvalue weighted by Crippen LogP contribution is -2.64. The van der Waals surface area contributed by atoms with Crippen LogP contribution in [0, 0.1) is 5.41 Å². The van der Waals surface area contributed by atoms with Crippen LogP contribution < -0.4 is 0 Å². The van der Waals surface area contributed by atoms with Gasteiger partial charge < -0.3 is 0 Å². The van der Waals surface area contributed by atoms with E-state index in [0.29, 0.717) is 0 Å². The molecule has 0 aliphatic carbocycles. The van der Waals surface area contributed by atoms with Crippen molar-refractivity contribution in [1.29, 1.82) is 0 Å². The minimum Gasteiger partial charge on any atom is -0.246 e. The Morgan fingerprint density at radius 2 is 1.00 bits per heavy atom. The number of alkyl halides is 10. The molecule has 0 fully saturated rings. The van der Waals surface area contributed by atoms with Crippen LogP contribution in [0.1, 0.15) is 19.8 Å². The van der Waals surface area contributed by atoms with Crippen LogP contribution in [-0.2, 0) is 0 Å². The zero-order chi connectivity index (χ0) is 15.0. The summed E-state index contributed by atoms with van der Waals surface area (Å²) < 4.78 is 123. The van der Waals surface area contributed by atoms with Crippen molar-refractivity contribution in [3.63, 3.8) is 0 Å². The van der Waals surface area contributed by atoms with Crippen molar-refractivity contribution in [2.75, 3.05) is 0 Å². The number of hydrogen-bond acceptors (Lipinski definition) is 0. The van der Waals surface area contributed by atoms with E-state index < -0.39 is 43.0 Å². The molecule has 0 aliphatic heterocycles. The number of rotatable bonds is 3. The third-order valence-corrected chi connectivity index (χ3v) is 2.35. The summed E-state index contributed by atoms with van der Waals surface area (Å²) in [4.78, 5) is 0. The van der Waals surface area contributed by atoms with Crippen LogP contribution in [0.5, 0.6) is 0 Å². The average molecular weight is 294 g/mol. The summed E-state index contributed by atoms with van der Waals surface area (Å²) in [6.45, 7) is 0.973. The molecule has 0 bridgehead atoms. The molecule has 0 rings (SSSR count).